The Morgan fingerprint density at radius 2 is 1.77 bits per heavy atom. The molecule has 146 valence electrons. The molecule has 0 saturated carbocycles. The predicted molar refractivity (Wildman–Crippen MR) is 99.5 cm³/mol. The number of nitrogens with two attached hydrogens (primary N) is 1. The third-order valence-electron chi connectivity index (χ3n) is 3.75. The molecule has 0 bridgehead atoms. The molecular formula is C17H30N5O4+. The lowest BCUT2D eigenvalue weighted by atomic mass is 10.1. The number of carbonyl (C=O) groups excluding carboxylic acids is 2. The minimum atomic E-state index is -0.711. The van der Waals surface area contributed by atoms with E-state index in [1.165, 1.54) is 11.6 Å². The lowest BCUT2D eigenvalue weighted by Crippen LogP contribution is -3.11. The topological polar surface area (TPSA) is 121 Å². The Hall–Kier alpha value is -2.42. The van der Waals surface area contributed by atoms with Crippen molar-refractivity contribution in [3.8, 4) is 0 Å². The van der Waals surface area contributed by atoms with Crippen LogP contribution in [0.1, 0.15) is 44.5 Å². The number of anilines is 1. The highest BCUT2D eigenvalue weighted by molar-refractivity contribution is 6.00. The van der Waals surface area contributed by atoms with E-state index in [0.717, 1.165) is 4.57 Å². The number of aromatic nitrogens is 2. The summed E-state index contributed by atoms with van der Waals surface area (Å²) in [7, 11) is 3.00. The average Bonchev–Trinajstić information content (AvgIpc) is 2.47. The fourth-order valence-electron chi connectivity index (χ4n) is 2.65. The van der Waals surface area contributed by atoms with Gasteiger partial charge >= 0.3 is 5.69 Å². The predicted octanol–water partition coefficient (Wildman–Crippen LogP) is -1.85. The maximum atomic E-state index is 12.6. The first-order chi connectivity index (χ1) is 11.9. The summed E-state index contributed by atoms with van der Waals surface area (Å²) in [4.78, 5) is 49.7. The van der Waals surface area contributed by atoms with E-state index < -0.39 is 17.0 Å². The van der Waals surface area contributed by atoms with Crippen LogP contribution in [0.25, 0.3) is 0 Å². The first-order valence-corrected chi connectivity index (χ1v) is 8.63. The summed E-state index contributed by atoms with van der Waals surface area (Å²) in [6.07, 6.45) is 0.633. The summed E-state index contributed by atoms with van der Waals surface area (Å²) in [5, 5.41) is 2.82. The van der Waals surface area contributed by atoms with Crippen LogP contribution in [0.3, 0.4) is 0 Å². The Kier molecular flexibility index (Phi) is 6.91. The first-order valence-electron chi connectivity index (χ1n) is 8.63. The van der Waals surface area contributed by atoms with Gasteiger partial charge in [-0.3, -0.25) is 23.5 Å². The molecule has 1 atom stereocenters. The molecule has 1 amide bonds. The molecule has 1 aromatic rings. The number of nitrogens with one attached hydrogen (secondary N) is 2. The van der Waals surface area contributed by atoms with Crippen molar-refractivity contribution in [2.24, 2.45) is 7.05 Å². The number of quaternary nitrogens is 1. The zero-order valence-corrected chi connectivity index (χ0v) is 16.4. The second-order valence-corrected chi connectivity index (χ2v) is 7.59. The fourth-order valence-corrected chi connectivity index (χ4v) is 2.65. The molecule has 1 rings (SSSR count). The van der Waals surface area contributed by atoms with Crippen LogP contribution in [0.2, 0.25) is 0 Å². The van der Waals surface area contributed by atoms with Gasteiger partial charge in [-0.2, -0.15) is 0 Å². The first kappa shape index (κ1) is 21.6. The number of ketones is 1. The summed E-state index contributed by atoms with van der Waals surface area (Å²) < 4.78 is 2.12. The van der Waals surface area contributed by atoms with Crippen LogP contribution in [0.15, 0.2) is 9.59 Å². The Labute approximate surface area is 152 Å². The second kappa shape index (κ2) is 8.31. The number of nitrogen functional groups attached to an aromatic ring is 1. The van der Waals surface area contributed by atoms with Crippen molar-refractivity contribution >= 4 is 17.5 Å². The highest BCUT2D eigenvalue weighted by Gasteiger charge is 2.25. The Balaban J connectivity index is 3.06. The van der Waals surface area contributed by atoms with Crippen LogP contribution in [0.4, 0.5) is 5.82 Å². The lowest BCUT2D eigenvalue weighted by molar-refractivity contribution is -0.862. The van der Waals surface area contributed by atoms with Crippen molar-refractivity contribution in [3.05, 3.63) is 26.4 Å². The van der Waals surface area contributed by atoms with Gasteiger partial charge in [0.05, 0.1) is 7.05 Å². The quantitative estimate of drug-likeness (QED) is 0.488. The van der Waals surface area contributed by atoms with Gasteiger partial charge in [0.15, 0.2) is 6.54 Å². The highest BCUT2D eigenvalue weighted by Crippen LogP contribution is 2.05. The van der Waals surface area contributed by atoms with Gasteiger partial charge in [-0.15, -0.1) is 0 Å². The molecule has 0 aliphatic carbocycles. The fraction of sp³-hybridized carbons (Fsp3) is 0.647. The molecular weight excluding hydrogens is 338 g/mol. The summed E-state index contributed by atoms with van der Waals surface area (Å²) >= 11 is 0. The highest BCUT2D eigenvalue weighted by atomic mass is 16.2. The van der Waals surface area contributed by atoms with Crippen molar-refractivity contribution in [3.63, 3.8) is 0 Å². The van der Waals surface area contributed by atoms with Crippen LogP contribution < -0.4 is 27.2 Å². The van der Waals surface area contributed by atoms with Gasteiger partial charge in [0, 0.05) is 19.1 Å². The molecule has 9 nitrogen and oxygen atoms in total. The van der Waals surface area contributed by atoms with Gasteiger partial charge in [0.25, 0.3) is 11.5 Å². The van der Waals surface area contributed by atoms with Crippen LogP contribution >= 0.6 is 0 Å². The van der Waals surface area contributed by atoms with E-state index in [4.69, 9.17) is 5.73 Å². The average molecular weight is 368 g/mol. The summed E-state index contributed by atoms with van der Waals surface area (Å²) in [5.41, 5.74) is 4.12. The molecule has 0 aromatic carbocycles. The van der Waals surface area contributed by atoms with Crippen molar-refractivity contribution in [2.45, 2.75) is 46.2 Å². The molecule has 1 heterocycles. The minimum Gasteiger partial charge on any atom is -0.384 e. The second-order valence-electron chi connectivity index (χ2n) is 7.59. The third kappa shape index (κ3) is 5.29. The summed E-state index contributed by atoms with van der Waals surface area (Å²) in [5.74, 6) is -0.800. The monoisotopic (exact) mass is 368 g/mol. The van der Waals surface area contributed by atoms with Gasteiger partial charge in [-0.1, -0.05) is 6.92 Å². The van der Waals surface area contributed by atoms with Crippen molar-refractivity contribution in [2.75, 3.05) is 25.9 Å². The number of hydrogen-bond donors (Lipinski definition) is 3. The minimum absolute atomic E-state index is 0.0812. The number of carbonyl (C=O) groups is 2. The molecule has 1 aromatic heterocycles. The standard InChI is InChI=1S/C17H29N5O4/c1-7-8-22-14(18)13(15(25)21(6)16(22)26)11(23)9-20(5)10-12(24)19-17(2,3)4/h7-10,18H2,1-6H3,(H,19,24)/p+1. The molecule has 0 aliphatic heterocycles. The van der Waals surface area contributed by atoms with Crippen LogP contribution in [-0.4, -0.2) is 46.5 Å². The maximum absolute atomic E-state index is 12.6. The number of hydrogen-bond acceptors (Lipinski definition) is 5. The molecule has 9 heteroatoms. The van der Waals surface area contributed by atoms with Gasteiger partial charge in [0.1, 0.15) is 17.9 Å². The molecule has 0 fully saturated rings. The van der Waals surface area contributed by atoms with Gasteiger partial charge in [0.2, 0.25) is 5.78 Å². The normalized spacial score (nSPS) is 12.7. The number of likely N-dealkylation sites (N-methyl/N-ethyl adjacent to an activating group) is 1. The summed E-state index contributed by atoms with van der Waals surface area (Å²) in [6, 6.07) is 0. The van der Waals surface area contributed by atoms with E-state index in [9.17, 15) is 19.2 Å². The zero-order valence-electron chi connectivity index (χ0n) is 16.4. The molecule has 0 aliphatic rings. The smallest absolute Gasteiger partial charge is 0.332 e. The van der Waals surface area contributed by atoms with E-state index >= 15 is 0 Å². The van der Waals surface area contributed by atoms with E-state index in [0.29, 0.717) is 17.9 Å². The van der Waals surface area contributed by atoms with Gasteiger partial charge in [-0.25, -0.2) is 4.79 Å². The number of nitrogens with zero attached hydrogens (tertiary/aromatic N) is 2. The van der Waals surface area contributed by atoms with Crippen LogP contribution in [-0.2, 0) is 18.4 Å². The molecule has 1 unspecified atom stereocenters. The van der Waals surface area contributed by atoms with Gasteiger partial charge in [-0.05, 0) is 27.2 Å². The SMILES string of the molecule is CCCn1c(N)c(C(=O)C[NH+](C)CC(=O)NC(C)(C)C)c(=O)n(C)c1=O. The summed E-state index contributed by atoms with van der Waals surface area (Å²) in [6.45, 7) is 7.78. The zero-order chi connectivity index (χ0) is 20.2. The largest absolute Gasteiger partial charge is 0.384 e. The molecule has 0 saturated heterocycles. The van der Waals surface area contributed by atoms with Crippen LogP contribution in [0, 0.1) is 0 Å². The lowest BCUT2D eigenvalue weighted by Gasteiger charge is -2.22. The van der Waals surface area contributed by atoms with Crippen molar-refractivity contribution in [1.29, 1.82) is 0 Å². The number of Topliss-reactive ketones (excluding diaryl/α,β-unsaturated/α-hetero) is 1. The Morgan fingerprint density at radius 1 is 1.19 bits per heavy atom. The molecule has 4 N–H and O–H groups in total. The van der Waals surface area contributed by atoms with Crippen molar-refractivity contribution in [1.82, 2.24) is 14.5 Å². The van der Waals surface area contributed by atoms with E-state index in [-0.39, 0.29) is 35.9 Å². The molecule has 0 spiro atoms. The number of rotatable bonds is 7. The van der Waals surface area contributed by atoms with Crippen LogP contribution in [0.5, 0.6) is 0 Å². The van der Waals surface area contributed by atoms with E-state index in [1.807, 2.05) is 27.7 Å². The van der Waals surface area contributed by atoms with Crippen molar-refractivity contribution < 1.29 is 14.5 Å². The maximum Gasteiger partial charge on any atom is 0.332 e. The Morgan fingerprint density at radius 3 is 2.27 bits per heavy atom. The van der Waals surface area contributed by atoms with E-state index in [2.05, 4.69) is 5.32 Å². The van der Waals surface area contributed by atoms with Gasteiger partial charge < -0.3 is 16.0 Å². The molecule has 26 heavy (non-hydrogen) atoms. The number of amides is 1. The third-order valence-corrected chi connectivity index (χ3v) is 3.75. The van der Waals surface area contributed by atoms with E-state index in [1.54, 1.807) is 7.05 Å². The molecule has 0 radical (unpaired) electrons. The Bertz CT molecular complexity index is 801.